The first-order chi connectivity index (χ1) is 27.7. The summed E-state index contributed by atoms with van der Waals surface area (Å²) in [6.07, 6.45) is 0. The molecule has 0 bridgehead atoms. The zero-order valence-electron chi connectivity index (χ0n) is 29.6. The number of rotatable bonds is 3. The summed E-state index contributed by atoms with van der Waals surface area (Å²) in [5, 5.41) is 19.0. The Morgan fingerprint density at radius 1 is 0.482 bits per heavy atom. The van der Waals surface area contributed by atoms with Gasteiger partial charge in [0.05, 0.1) is 51.0 Å². The zero-order valence-corrected chi connectivity index (χ0v) is 29.6. The Kier molecular flexibility index (Phi) is 6.10. The molecule has 0 saturated heterocycles. The largest absolute Gasteiger partial charge is 0.456 e. The molecule has 0 unspecified atom stereocenters. The number of nitriles is 1. The molecule has 8 aromatic carbocycles. The Labute approximate surface area is 318 Å². The van der Waals surface area contributed by atoms with Crippen molar-refractivity contribution in [3.63, 3.8) is 0 Å². The van der Waals surface area contributed by atoms with Gasteiger partial charge in [-0.25, -0.2) is 4.85 Å². The average molecular weight is 715 g/mol. The molecule has 0 saturated carbocycles. The molecule has 6 heteroatoms. The van der Waals surface area contributed by atoms with Crippen LogP contribution in [0.3, 0.4) is 0 Å². The lowest BCUT2D eigenvalue weighted by atomic mass is 9.99. The molecule has 56 heavy (non-hydrogen) atoms. The third kappa shape index (κ3) is 4.07. The van der Waals surface area contributed by atoms with E-state index in [9.17, 15) is 5.26 Å². The molecular weight excluding hydrogens is 689 g/mol. The van der Waals surface area contributed by atoms with E-state index in [0.717, 1.165) is 110 Å². The second-order valence-electron chi connectivity index (χ2n) is 14.3. The van der Waals surface area contributed by atoms with Crippen molar-refractivity contribution < 1.29 is 8.83 Å². The van der Waals surface area contributed by atoms with E-state index in [2.05, 4.69) is 105 Å². The quantitative estimate of drug-likeness (QED) is 0.171. The molecule has 0 amide bonds. The molecule has 12 rings (SSSR count). The minimum atomic E-state index is 0.490. The van der Waals surface area contributed by atoms with Crippen LogP contribution in [0.1, 0.15) is 5.56 Å². The number of benzene rings is 8. The lowest BCUT2D eigenvalue weighted by Gasteiger charge is -2.14. The van der Waals surface area contributed by atoms with E-state index in [1.165, 1.54) is 0 Å². The van der Waals surface area contributed by atoms with Crippen LogP contribution in [-0.2, 0) is 0 Å². The lowest BCUT2D eigenvalue weighted by molar-refractivity contribution is 0.669. The molecule has 0 aliphatic rings. The fourth-order valence-electron chi connectivity index (χ4n) is 9.02. The van der Waals surface area contributed by atoms with E-state index < -0.39 is 0 Å². The Balaban J connectivity index is 1.11. The molecule has 0 N–H and O–H groups in total. The maximum atomic E-state index is 10.4. The summed E-state index contributed by atoms with van der Waals surface area (Å²) in [6, 6.07) is 55.8. The summed E-state index contributed by atoms with van der Waals surface area (Å²) in [6.45, 7) is 8.47. The highest BCUT2D eigenvalue weighted by Gasteiger charge is 2.22. The summed E-state index contributed by atoms with van der Waals surface area (Å²) in [5.74, 6) is 0. The van der Waals surface area contributed by atoms with Gasteiger partial charge in [0.15, 0.2) is 5.69 Å². The van der Waals surface area contributed by atoms with Crippen LogP contribution in [0.2, 0.25) is 0 Å². The molecule has 4 heterocycles. The molecule has 0 fully saturated rings. The van der Waals surface area contributed by atoms with Gasteiger partial charge in [0.1, 0.15) is 22.3 Å². The van der Waals surface area contributed by atoms with Gasteiger partial charge in [-0.05, 0) is 90.0 Å². The highest BCUT2D eigenvalue weighted by Crippen LogP contribution is 2.44. The third-order valence-electron chi connectivity index (χ3n) is 11.3. The molecular formula is C50H26N4O2. The molecule has 0 radical (unpaired) electrons. The molecule has 0 spiro atoms. The van der Waals surface area contributed by atoms with Gasteiger partial charge in [-0.2, -0.15) is 5.26 Å². The van der Waals surface area contributed by atoms with Crippen molar-refractivity contribution in [2.45, 2.75) is 0 Å². The molecule has 0 aliphatic heterocycles. The van der Waals surface area contributed by atoms with Crippen molar-refractivity contribution in [1.29, 1.82) is 5.26 Å². The molecule has 258 valence electrons. The summed E-state index contributed by atoms with van der Waals surface area (Å²) >= 11 is 0. The fraction of sp³-hybridized carbons (Fsp3) is 0. The number of para-hydroxylation sites is 4. The normalized spacial score (nSPS) is 11.9. The number of nitrogens with zero attached hydrogens (tertiary/aromatic N) is 4. The average Bonchev–Trinajstić information content (AvgIpc) is 4.00. The second-order valence-corrected chi connectivity index (χ2v) is 14.3. The first-order valence-corrected chi connectivity index (χ1v) is 18.4. The van der Waals surface area contributed by atoms with Gasteiger partial charge < -0.3 is 18.0 Å². The Morgan fingerprint density at radius 3 is 1.59 bits per heavy atom. The van der Waals surface area contributed by atoms with E-state index in [0.29, 0.717) is 11.3 Å². The van der Waals surface area contributed by atoms with E-state index >= 15 is 0 Å². The maximum Gasteiger partial charge on any atom is 0.196 e. The summed E-state index contributed by atoms with van der Waals surface area (Å²) in [7, 11) is 0. The molecule has 0 aliphatic carbocycles. The van der Waals surface area contributed by atoms with Crippen molar-refractivity contribution in [1.82, 2.24) is 9.13 Å². The second kappa shape index (κ2) is 11.2. The number of hydrogen-bond acceptors (Lipinski definition) is 3. The smallest absolute Gasteiger partial charge is 0.196 e. The van der Waals surface area contributed by atoms with Gasteiger partial charge in [0, 0.05) is 43.7 Å². The number of fused-ring (bicyclic) bond motifs is 14. The summed E-state index contributed by atoms with van der Waals surface area (Å²) < 4.78 is 17.2. The van der Waals surface area contributed by atoms with Crippen LogP contribution in [0.15, 0.2) is 167 Å². The van der Waals surface area contributed by atoms with Crippen LogP contribution >= 0.6 is 0 Å². The van der Waals surface area contributed by atoms with Crippen LogP contribution in [0.4, 0.5) is 5.69 Å². The number of furan rings is 2. The Morgan fingerprint density at radius 2 is 1.02 bits per heavy atom. The van der Waals surface area contributed by atoms with Crippen LogP contribution in [0.5, 0.6) is 0 Å². The molecule has 12 aromatic rings. The van der Waals surface area contributed by atoms with Crippen molar-refractivity contribution in [3.8, 4) is 28.6 Å². The predicted octanol–water partition coefficient (Wildman–Crippen LogP) is 13.8. The third-order valence-corrected chi connectivity index (χ3v) is 11.3. The Bertz CT molecular complexity index is 3750. The van der Waals surface area contributed by atoms with Gasteiger partial charge in [-0.15, -0.1) is 0 Å². The van der Waals surface area contributed by atoms with Crippen molar-refractivity contribution in [3.05, 3.63) is 175 Å². The molecule has 6 nitrogen and oxygen atoms in total. The minimum Gasteiger partial charge on any atom is -0.456 e. The maximum absolute atomic E-state index is 10.4. The standard InChI is InChI=1S/C50H26N4O2/c1-52-40-27-31(53-41-14-6-2-10-34(41)36-20-22-45-47(49(36)53)38-12-4-8-16-43(38)55-45)18-19-33(40)30-24-29(28-51)25-32(26-30)54-42-15-7-3-11-35(42)37-21-23-46-48(50(37)54)39-13-5-9-17-44(39)56-46/h2-27H. The summed E-state index contributed by atoms with van der Waals surface area (Å²) in [4.78, 5) is 4.11. The van der Waals surface area contributed by atoms with E-state index in [1.54, 1.807) is 0 Å². The SMILES string of the molecule is [C-]#[N+]c1cc(-n2c3ccccc3c3ccc4oc5ccccc5c4c32)ccc1-c1cc(C#N)cc(-n2c3ccccc3c3ccc4oc5ccccc5c4c32)c1. The van der Waals surface area contributed by atoms with Gasteiger partial charge in [0.25, 0.3) is 0 Å². The van der Waals surface area contributed by atoms with E-state index in [1.807, 2.05) is 72.8 Å². The minimum absolute atomic E-state index is 0.490. The first kappa shape index (κ1) is 30.4. The van der Waals surface area contributed by atoms with Crippen molar-refractivity contribution in [2.75, 3.05) is 0 Å². The zero-order chi connectivity index (χ0) is 37.1. The van der Waals surface area contributed by atoms with Gasteiger partial charge >= 0.3 is 0 Å². The van der Waals surface area contributed by atoms with Gasteiger partial charge in [0.2, 0.25) is 0 Å². The monoisotopic (exact) mass is 714 g/mol. The van der Waals surface area contributed by atoms with Crippen LogP contribution < -0.4 is 0 Å². The van der Waals surface area contributed by atoms with Crippen molar-refractivity contribution in [2.24, 2.45) is 0 Å². The predicted molar refractivity (Wildman–Crippen MR) is 226 cm³/mol. The van der Waals surface area contributed by atoms with Gasteiger partial charge in [-0.3, -0.25) is 0 Å². The van der Waals surface area contributed by atoms with Crippen LogP contribution in [-0.4, -0.2) is 9.13 Å². The highest BCUT2D eigenvalue weighted by atomic mass is 16.3. The highest BCUT2D eigenvalue weighted by molar-refractivity contribution is 6.26. The van der Waals surface area contributed by atoms with Crippen LogP contribution in [0.25, 0.3) is 115 Å². The van der Waals surface area contributed by atoms with E-state index in [-0.39, 0.29) is 0 Å². The fourth-order valence-corrected chi connectivity index (χ4v) is 9.02. The van der Waals surface area contributed by atoms with Gasteiger partial charge in [-0.1, -0.05) is 78.9 Å². The molecule has 0 atom stereocenters. The number of aromatic nitrogens is 2. The topological polar surface area (TPSA) is 64.3 Å². The number of hydrogen-bond donors (Lipinski definition) is 0. The van der Waals surface area contributed by atoms with Crippen molar-refractivity contribution >= 4 is 93.2 Å². The molecule has 4 aromatic heterocycles. The van der Waals surface area contributed by atoms with E-state index in [4.69, 9.17) is 15.4 Å². The lowest BCUT2D eigenvalue weighted by Crippen LogP contribution is -1.97. The Hall–Kier alpha value is -8.06. The van der Waals surface area contributed by atoms with Crippen LogP contribution in [0, 0.1) is 17.9 Å². The summed E-state index contributed by atoms with van der Waals surface area (Å²) in [5.41, 5.74) is 11.6. The first-order valence-electron chi connectivity index (χ1n) is 18.4.